The zero-order valence-corrected chi connectivity index (χ0v) is 16.2. The van der Waals surface area contributed by atoms with Crippen molar-refractivity contribution in [3.8, 4) is 11.5 Å². The first-order valence-corrected chi connectivity index (χ1v) is 9.61. The van der Waals surface area contributed by atoms with Crippen LogP contribution in [0.4, 0.5) is 5.69 Å². The molecule has 146 valence electrons. The SMILES string of the molecule is COc1cc2c(c(OC)c1)C(C=O)NC(c1ccc(C3CCNCC3)cc1)=N2. The van der Waals surface area contributed by atoms with Crippen molar-refractivity contribution in [1.29, 1.82) is 0 Å². The van der Waals surface area contributed by atoms with Gasteiger partial charge in [-0.2, -0.15) is 0 Å². The first-order valence-electron chi connectivity index (χ1n) is 9.61. The fourth-order valence-electron chi connectivity index (χ4n) is 3.97. The number of aldehydes is 1. The van der Waals surface area contributed by atoms with E-state index in [1.165, 1.54) is 18.4 Å². The highest BCUT2D eigenvalue weighted by atomic mass is 16.5. The third kappa shape index (κ3) is 3.47. The Morgan fingerprint density at radius 1 is 1.07 bits per heavy atom. The Bertz CT molecular complexity index is 887. The van der Waals surface area contributed by atoms with Crippen molar-refractivity contribution in [3.05, 3.63) is 53.1 Å². The summed E-state index contributed by atoms with van der Waals surface area (Å²) in [6, 6.07) is 11.6. The Morgan fingerprint density at radius 2 is 1.82 bits per heavy atom. The summed E-state index contributed by atoms with van der Waals surface area (Å²) in [7, 11) is 3.18. The number of nitrogens with one attached hydrogen (secondary N) is 2. The molecule has 2 aromatic rings. The summed E-state index contributed by atoms with van der Waals surface area (Å²) >= 11 is 0. The number of ether oxygens (including phenoxy) is 2. The highest BCUT2D eigenvalue weighted by molar-refractivity contribution is 6.03. The van der Waals surface area contributed by atoms with Gasteiger partial charge in [0.05, 0.1) is 19.9 Å². The number of rotatable bonds is 5. The molecule has 1 unspecified atom stereocenters. The number of carbonyl (C=O) groups excluding carboxylic acids is 1. The first-order chi connectivity index (χ1) is 13.7. The lowest BCUT2D eigenvalue weighted by Gasteiger charge is -2.26. The third-order valence-corrected chi connectivity index (χ3v) is 5.52. The van der Waals surface area contributed by atoms with E-state index in [9.17, 15) is 4.79 Å². The van der Waals surface area contributed by atoms with Gasteiger partial charge in [-0.3, -0.25) is 0 Å². The van der Waals surface area contributed by atoms with E-state index >= 15 is 0 Å². The number of hydrogen-bond acceptors (Lipinski definition) is 6. The molecule has 0 amide bonds. The van der Waals surface area contributed by atoms with Gasteiger partial charge in [-0.1, -0.05) is 24.3 Å². The summed E-state index contributed by atoms with van der Waals surface area (Å²) in [6.07, 6.45) is 3.21. The van der Waals surface area contributed by atoms with E-state index < -0.39 is 6.04 Å². The molecule has 0 aromatic heterocycles. The molecule has 0 saturated carbocycles. The molecule has 0 radical (unpaired) electrons. The van der Waals surface area contributed by atoms with Crippen LogP contribution in [-0.4, -0.2) is 39.4 Å². The Hall–Kier alpha value is -2.86. The standard InChI is InChI=1S/C22H25N3O3/c1-27-17-11-18-21(20(12-17)28-2)19(13-26)25-22(24-18)16-5-3-14(4-6-16)15-7-9-23-10-8-15/h3-6,11-13,15,19,23H,7-10H2,1-2H3,(H,24,25). The van der Waals surface area contributed by atoms with Crippen molar-refractivity contribution in [2.75, 3.05) is 27.3 Å². The highest BCUT2D eigenvalue weighted by Crippen LogP contribution is 2.40. The second-order valence-corrected chi connectivity index (χ2v) is 7.13. The monoisotopic (exact) mass is 379 g/mol. The van der Waals surface area contributed by atoms with Crippen LogP contribution in [0, 0.1) is 0 Å². The summed E-state index contributed by atoms with van der Waals surface area (Å²) < 4.78 is 10.8. The molecule has 4 rings (SSSR count). The predicted molar refractivity (Wildman–Crippen MR) is 109 cm³/mol. The van der Waals surface area contributed by atoms with Gasteiger partial charge in [0.15, 0.2) is 0 Å². The first kappa shape index (κ1) is 18.5. The van der Waals surface area contributed by atoms with E-state index in [1.54, 1.807) is 20.3 Å². The number of methoxy groups -OCH3 is 2. The number of benzene rings is 2. The summed E-state index contributed by atoms with van der Waals surface area (Å²) in [4.78, 5) is 16.5. The van der Waals surface area contributed by atoms with Crippen LogP contribution in [-0.2, 0) is 4.79 Å². The molecule has 1 atom stereocenters. The molecule has 6 nitrogen and oxygen atoms in total. The van der Waals surface area contributed by atoms with Crippen molar-refractivity contribution >= 4 is 17.8 Å². The van der Waals surface area contributed by atoms with Crippen LogP contribution < -0.4 is 20.1 Å². The van der Waals surface area contributed by atoms with Gasteiger partial charge >= 0.3 is 0 Å². The fourth-order valence-corrected chi connectivity index (χ4v) is 3.97. The van der Waals surface area contributed by atoms with Crippen molar-refractivity contribution in [2.24, 2.45) is 4.99 Å². The molecule has 2 aliphatic heterocycles. The molecule has 1 fully saturated rings. The molecular weight excluding hydrogens is 354 g/mol. The zero-order valence-electron chi connectivity index (χ0n) is 16.2. The molecule has 2 aromatic carbocycles. The minimum atomic E-state index is -0.521. The largest absolute Gasteiger partial charge is 0.497 e. The van der Waals surface area contributed by atoms with Crippen LogP contribution in [0.5, 0.6) is 11.5 Å². The van der Waals surface area contributed by atoms with Crippen molar-refractivity contribution in [1.82, 2.24) is 10.6 Å². The molecule has 2 aliphatic rings. The maximum atomic E-state index is 11.8. The minimum Gasteiger partial charge on any atom is -0.497 e. The van der Waals surface area contributed by atoms with Gasteiger partial charge in [-0.15, -0.1) is 0 Å². The van der Waals surface area contributed by atoms with Crippen LogP contribution in [0.1, 0.15) is 41.5 Å². The van der Waals surface area contributed by atoms with Crippen molar-refractivity contribution in [2.45, 2.75) is 24.8 Å². The Kier molecular flexibility index (Phi) is 5.30. The molecule has 2 N–H and O–H groups in total. The van der Waals surface area contributed by atoms with Gasteiger partial charge in [-0.25, -0.2) is 4.99 Å². The Labute approximate surface area is 165 Å². The average molecular weight is 379 g/mol. The van der Waals surface area contributed by atoms with Gasteiger partial charge < -0.3 is 24.9 Å². The highest BCUT2D eigenvalue weighted by Gasteiger charge is 2.27. The Morgan fingerprint density at radius 3 is 2.46 bits per heavy atom. The van der Waals surface area contributed by atoms with E-state index in [1.807, 2.05) is 6.07 Å². The van der Waals surface area contributed by atoms with Crippen LogP contribution in [0.3, 0.4) is 0 Å². The topological polar surface area (TPSA) is 72.0 Å². The van der Waals surface area contributed by atoms with E-state index in [0.717, 1.165) is 30.5 Å². The van der Waals surface area contributed by atoms with Gasteiger partial charge in [0.2, 0.25) is 0 Å². The third-order valence-electron chi connectivity index (χ3n) is 5.52. The molecule has 0 spiro atoms. The van der Waals surface area contributed by atoms with Gasteiger partial charge in [0.1, 0.15) is 29.7 Å². The number of amidine groups is 1. The number of carbonyl (C=O) groups is 1. The van der Waals surface area contributed by atoms with E-state index in [4.69, 9.17) is 14.5 Å². The quantitative estimate of drug-likeness (QED) is 0.781. The maximum absolute atomic E-state index is 11.8. The summed E-state index contributed by atoms with van der Waals surface area (Å²) in [5.41, 5.74) is 3.73. The molecule has 28 heavy (non-hydrogen) atoms. The number of aliphatic imine (C=N–C) groups is 1. The second kappa shape index (κ2) is 8.02. The summed E-state index contributed by atoms with van der Waals surface area (Å²) in [5, 5.41) is 6.64. The lowest BCUT2D eigenvalue weighted by Crippen LogP contribution is -2.33. The van der Waals surface area contributed by atoms with E-state index in [0.29, 0.717) is 28.9 Å². The number of hydrogen-bond donors (Lipinski definition) is 2. The Balaban J connectivity index is 1.68. The zero-order chi connectivity index (χ0) is 19.5. The normalized spacial score (nSPS) is 19.2. The van der Waals surface area contributed by atoms with Gasteiger partial charge in [-0.05, 0) is 37.4 Å². The smallest absolute Gasteiger partial charge is 0.147 e. The van der Waals surface area contributed by atoms with Crippen LogP contribution in [0.2, 0.25) is 0 Å². The lowest BCUT2D eigenvalue weighted by molar-refractivity contribution is -0.109. The van der Waals surface area contributed by atoms with Gasteiger partial charge in [0.25, 0.3) is 0 Å². The van der Waals surface area contributed by atoms with Crippen LogP contribution in [0.25, 0.3) is 0 Å². The van der Waals surface area contributed by atoms with E-state index in [-0.39, 0.29) is 0 Å². The average Bonchev–Trinajstić information content (AvgIpc) is 2.78. The number of fused-ring (bicyclic) bond motifs is 1. The minimum absolute atomic E-state index is 0.521. The molecule has 0 bridgehead atoms. The maximum Gasteiger partial charge on any atom is 0.147 e. The molecule has 1 saturated heterocycles. The molecule has 2 heterocycles. The lowest BCUT2D eigenvalue weighted by atomic mass is 9.89. The summed E-state index contributed by atoms with van der Waals surface area (Å²) in [5.74, 6) is 2.51. The van der Waals surface area contributed by atoms with Crippen LogP contribution in [0.15, 0.2) is 41.4 Å². The van der Waals surface area contributed by atoms with Crippen molar-refractivity contribution in [3.63, 3.8) is 0 Å². The molecule has 6 heteroatoms. The number of piperidine rings is 1. The van der Waals surface area contributed by atoms with Crippen LogP contribution >= 0.6 is 0 Å². The number of nitrogens with zero attached hydrogens (tertiary/aromatic N) is 1. The second-order valence-electron chi connectivity index (χ2n) is 7.13. The summed E-state index contributed by atoms with van der Waals surface area (Å²) in [6.45, 7) is 2.14. The molecular formula is C22H25N3O3. The fraction of sp³-hybridized carbons (Fsp3) is 0.364. The van der Waals surface area contributed by atoms with E-state index in [2.05, 4.69) is 34.9 Å². The van der Waals surface area contributed by atoms with Crippen molar-refractivity contribution < 1.29 is 14.3 Å². The molecule has 0 aliphatic carbocycles. The van der Waals surface area contributed by atoms with Gasteiger partial charge in [0, 0.05) is 23.3 Å². The predicted octanol–water partition coefficient (Wildman–Crippen LogP) is 3.09.